The molecule has 0 aliphatic heterocycles. The van der Waals surface area contributed by atoms with Crippen LogP contribution < -0.4 is 5.32 Å². The van der Waals surface area contributed by atoms with Crippen molar-refractivity contribution in [2.75, 3.05) is 11.9 Å². The maximum atomic E-state index is 4.77. The molecular weight excluding hydrogens is 302 g/mol. The lowest BCUT2D eigenvalue weighted by molar-refractivity contribution is 0.596. The first-order valence-electron chi connectivity index (χ1n) is 7.47. The molecule has 3 nitrogen and oxygen atoms in total. The highest BCUT2D eigenvalue weighted by Crippen LogP contribution is 2.28. The van der Waals surface area contributed by atoms with E-state index in [1.165, 1.54) is 0 Å². The smallest absolute Gasteiger partial charge is 0.144 e. The van der Waals surface area contributed by atoms with Gasteiger partial charge in [0.15, 0.2) is 0 Å². The molecular formula is C15H26BrN3. The van der Waals surface area contributed by atoms with Crippen molar-refractivity contribution in [3.8, 4) is 0 Å². The fraction of sp³-hybridized carbons (Fsp3) is 0.733. The predicted octanol–water partition coefficient (Wildman–Crippen LogP) is 4.92. The number of rotatable bonds is 8. The molecule has 0 unspecified atom stereocenters. The highest BCUT2D eigenvalue weighted by Gasteiger charge is 2.16. The summed E-state index contributed by atoms with van der Waals surface area (Å²) in [6, 6.07) is 0. The lowest BCUT2D eigenvalue weighted by Crippen LogP contribution is -2.11. The zero-order valence-electron chi connectivity index (χ0n) is 12.6. The Kier molecular flexibility index (Phi) is 7.36. The molecule has 4 heteroatoms. The third-order valence-corrected chi connectivity index (χ3v) is 4.15. The summed E-state index contributed by atoms with van der Waals surface area (Å²) in [6.45, 7) is 9.71. The van der Waals surface area contributed by atoms with Gasteiger partial charge in [-0.15, -0.1) is 0 Å². The Morgan fingerprint density at radius 1 is 1.05 bits per heavy atom. The third kappa shape index (κ3) is 4.44. The van der Waals surface area contributed by atoms with Crippen LogP contribution in [0.2, 0.25) is 0 Å². The van der Waals surface area contributed by atoms with Crippen LogP contribution in [-0.2, 0) is 6.42 Å². The second-order valence-corrected chi connectivity index (χ2v) is 5.67. The van der Waals surface area contributed by atoms with Gasteiger partial charge < -0.3 is 5.32 Å². The molecule has 0 bridgehead atoms. The van der Waals surface area contributed by atoms with Crippen LogP contribution >= 0.6 is 15.9 Å². The summed E-state index contributed by atoms with van der Waals surface area (Å²) in [5, 5.41) is 3.41. The summed E-state index contributed by atoms with van der Waals surface area (Å²) in [4.78, 5) is 9.50. The van der Waals surface area contributed by atoms with Gasteiger partial charge in [0.05, 0.1) is 10.2 Å². The van der Waals surface area contributed by atoms with Gasteiger partial charge in [0.2, 0.25) is 0 Å². The second kappa shape index (κ2) is 8.51. The maximum Gasteiger partial charge on any atom is 0.144 e. The molecule has 0 saturated carbocycles. The van der Waals surface area contributed by atoms with E-state index >= 15 is 0 Å². The molecule has 0 aliphatic rings. The van der Waals surface area contributed by atoms with Crippen molar-refractivity contribution in [3.05, 3.63) is 16.0 Å². The van der Waals surface area contributed by atoms with Crippen molar-refractivity contribution >= 4 is 21.7 Å². The van der Waals surface area contributed by atoms with Gasteiger partial charge in [0.1, 0.15) is 11.6 Å². The molecule has 0 fully saturated rings. The zero-order valence-corrected chi connectivity index (χ0v) is 14.2. The first-order valence-corrected chi connectivity index (χ1v) is 8.27. The van der Waals surface area contributed by atoms with Gasteiger partial charge in [-0.1, -0.05) is 34.1 Å². The summed E-state index contributed by atoms with van der Waals surface area (Å²) >= 11 is 3.65. The van der Waals surface area contributed by atoms with Crippen LogP contribution in [-0.4, -0.2) is 16.5 Å². The third-order valence-electron chi connectivity index (χ3n) is 3.32. The van der Waals surface area contributed by atoms with Crippen LogP contribution in [0, 0.1) is 0 Å². The Bertz CT molecular complexity index is 389. The van der Waals surface area contributed by atoms with E-state index in [2.05, 4.69) is 48.9 Å². The quantitative estimate of drug-likeness (QED) is 0.736. The van der Waals surface area contributed by atoms with Crippen molar-refractivity contribution < 1.29 is 0 Å². The molecule has 1 aromatic rings. The molecule has 108 valence electrons. The average Bonchev–Trinajstić information content (AvgIpc) is 2.42. The Morgan fingerprint density at radius 3 is 2.26 bits per heavy atom. The van der Waals surface area contributed by atoms with Crippen LogP contribution in [0.3, 0.4) is 0 Å². The first-order chi connectivity index (χ1) is 9.17. The minimum absolute atomic E-state index is 0.464. The molecule has 0 spiro atoms. The van der Waals surface area contributed by atoms with Crippen LogP contribution in [0.25, 0.3) is 0 Å². The number of halogens is 1. The lowest BCUT2D eigenvalue weighted by atomic mass is 10.0. The highest BCUT2D eigenvalue weighted by molar-refractivity contribution is 9.10. The molecule has 19 heavy (non-hydrogen) atoms. The highest BCUT2D eigenvalue weighted by atomic mass is 79.9. The Labute approximate surface area is 125 Å². The Hall–Kier alpha value is -0.640. The van der Waals surface area contributed by atoms with E-state index in [1.807, 2.05) is 0 Å². The monoisotopic (exact) mass is 327 g/mol. The molecule has 0 amide bonds. The Morgan fingerprint density at radius 2 is 1.74 bits per heavy atom. The van der Waals surface area contributed by atoms with Gasteiger partial charge in [-0.05, 0) is 41.6 Å². The van der Waals surface area contributed by atoms with Crippen LogP contribution in [0.1, 0.15) is 70.8 Å². The second-order valence-electron chi connectivity index (χ2n) is 4.88. The summed E-state index contributed by atoms with van der Waals surface area (Å²) < 4.78 is 1.04. The van der Waals surface area contributed by atoms with Gasteiger partial charge in [0.25, 0.3) is 0 Å². The molecule has 1 rings (SSSR count). The molecule has 0 aliphatic carbocycles. The molecule has 1 N–H and O–H groups in total. The van der Waals surface area contributed by atoms with Crippen LogP contribution in [0.5, 0.6) is 0 Å². The molecule has 0 atom stereocenters. The van der Waals surface area contributed by atoms with Crippen LogP contribution in [0.4, 0.5) is 5.82 Å². The van der Waals surface area contributed by atoms with Gasteiger partial charge in [-0.2, -0.15) is 0 Å². The van der Waals surface area contributed by atoms with Gasteiger partial charge in [-0.3, -0.25) is 0 Å². The normalized spacial score (nSPS) is 11.1. The number of nitrogens with one attached hydrogen (secondary N) is 1. The zero-order chi connectivity index (χ0) is 14.3. The molecule has 0 saturated heterocycles. The fourth-order valence-electron chi connectivity index (χ4n) is 2.11. The van der Waals surface area contributed by atoms with E-state index in [9.17, 15) is 0 Å². The summed E-state index contributed by atoms with van der Waals surface area (Å²) in [5.41, 5.74) is 1.14. The first kappa shape index (κ1) is 16.4. The van der Waals surface area contributed by atoms with E-state index in [0.717, 1.165) is 60.5 Å². The van der Waals surface area contributed by atoms with Gasteiger partial charge in [0, 0.05) is 12.5 Å². The van der Waals surface area contributed by atoms with E-state index < -0.39 is 0 Å². The van der Waals surface area contributed by atoms with Crippen molar-refractivity contribution in [3.63, 3.8) is 0 Å². The number of nitrogens with zero attached hydrogens (tertiary/aromatic N) is 2. The Balaban J connectivity index is 3.13. The fourth-order valence-corrected chi connectivity index (χ4v) is 2.63. The number of aromatic nitrogens is 2. The average molecular weight is 328 g/mol. The van der Waals surface area contributed by atoms with E-state index in [0.29, 0.717) is 5.92 Å². The van der Waals surface area contributed by atoms with Crippen molar-refractivity contribution in [1.82, 2.24) is 9.97 Å². The summed E-state index contributed by atoms with van der Waals surface area (Å²) in [7, 11) is 0. The van der Waals surface area contributed by atoms with E-state index in [4.69, 9.17) is 9.97 Å². The number of hydrogen-bond donors (Lipinski definition) is 1. The van der Waals surface area contributed by atoms with Crippen molar-refractivity contribution in [2.45, 2.75) is 65.7 Å². The maximum absolute atomic E-state index is 4.77. The van der Waals surface area contributed by atoms with Gasteiger partial charge >= 0.3 is 0 Å². The predicted molar refractivity (Wildman–Crippen MR) is 85.8 cm³/mol. The standard InChI is InChI=1S/C15H26BrN3/c1-5-9-12-13(16)15(17-10-6-2)19-14(18-12)11(7-3)8-4/h11H,5-10H2,1-4H3,(H,17,18,19). The number of anilines is 1. The van der Waals surface area contributed by atoms with E-state index in [-0.39, 0.29) is 0 Å². The van der Waals surface area contributed by atoms with Crippen molar-refractivity contribution in [1.29, 1.82) is 0 Å². The minimum atomic E-state index is 0.464. The van der Waals surface area contributed by atoms with Crippen LogP contribution in [0.15, 0.2) is 4.47 Å². The molecule has 0 aromatic carbocycles. The lowest BCUT2D eigenvalue weighted by Gasteiger charge is -2.16. The molecule has 0 radical (unpaired) electrons. The minimum Gasteiger partial charge on any atom is -0.369 e. The van der Waals surface area contributed by atoms with Gasteiger partial charge in [-0.25, -0.2) is 9.97 Å². The number of hydrogen-bond acceptors (Lipinski definition) is 3. The summed E-state index contributed by atoms with van der Waals surface area (Å²) in [6.07, 6.45) is 5.38. The SMILES string of the molecule is CCCNc1nc(C(CC)CC)nc(CCC)c1Br. The molecule has 1 heterocycles. The molecule has 1 aromatic heterocycles. The number of aryl methyl sites for hydroxylation is 1. The summed E-state index contributed by atoms with van der Waals surface area (Å²) in [5.74, 6) is 2.42. The largest absolute Gasteiger partial charge is 0.369 e. The van der Waals surface area contributed by atoms with E-state index in [1.54, 1.807) is 0 Å². The van der Waals surface area contributed by atoms with Crippen molar-refractivity contribution in [2.24, 2.45) is 0 Å². The topological polar surface area (TPSA) is 37.8 Å².